The Morgan fingerprint density at radius 3 is 2.81 bits per heavy atom. The van der Waals surface area contributed by atoms with Crippen molar-refractivity contribution in [1.82, 2.24) is 10.3 Å². The van der Waals surface area contributed by atoms with Crippen LogP contribution in [-0.2, 0) is 0 Å². The van der Waals surface area contributed by atoms with Crippen molar-refractivity contribution in [3.63, 3.8) is 0 Å². The van der Waals surface area contributed by atoms with Gasteiger partial charge in [-0.3, -0.25) is 0 Å². The lowest BCUT2D eigenvalue weighted by molar-refractivity contribution is 0.626. The quantitative estimate of drug-likeness (QED) is 0.875. The van der Waals surface area contributed by atoms with E-state index in [0.29, 0.717) is 12.1 Å². The number of nitrogens with one attached hydrogen (secondary N) is 1. The third kappa shape index (κ3) is 2.38. The predicted octanol–water partition coefficient (Wildman–Crippen LogP) is 2.80. The highest BCUT2D eigenvalue weighted by Gasteiger charge is 2.22. The van der Waals surface area contributed by atoms with Crippen LogP contribution in [0.2, 0.25) is 0 Å². The maximum Gasteiger partial charge on any atom is 0.185 e. The first-order valence-electron chi connectivity index (χ1n) is 6.08. The molecule has 1 aromatic rings. The van der Waals surface area contributed by atoms with Gasteiger partial charge in [0.1, 0.15) is 0 Å². The van der Waals surface area contributed by atoms with Crippen LogP contribution in [0.3, 0.4) is 0 Å². The molecular weight excluding hydrogens is 218 g/mol. The fourth-order valence-corrected chi connectivity index (χ4v) is 3.19. The summed E-state index contributed by atoms with van der Waals surface area (Å²) in [6, 6.07) is 1.06. The molecule has 1 atom stereocenters. The maximum atomic E-state index is 4.71. The Balaban J connectivity index is 2.05. The van der Waals surface area contributed by atoms with Gasteiger partial charge in [-0.25, -0.2) is 4.98 Å². The van der Waals surface area contributed by atoms with Crippen LogP contribution in [0.25, 0.3) is 0 Å². The number of hydrogen-bond donors (Lipinski definition) is 1. The molecule has 1 heterocycles. The average Bonchev–Trinajstić information content (AvgIpc) is 2.97. The zero-order chi connectivity index (χ0) is 11.5. The molecule has 0 amide bonds. The molecule has 0 radical (unpaired) electrons. The van der Waals surface area contributed by atoms with Gasteiger partial charge in [-0.1, -0.05) is 12.8 Å². The third-order valence-corrected chi connectivity index (χ3v) is 4.51. The second-order valence-corrected chi connectivity index (χ2v) is 5.45. The number of nitrogens with zero attached hydrogens (tertiary/aromatic N) is 2. The average molecular weight is 239 g/mol. The van der Waals surface area contributed by atoms with E-state index in [0.717, 1.165) is 5.69 Å². The van der Waals surface area contributed by atoms with Gasteiger partial charge in [0.25, 0.3) is 0 Å². The molecule has 2 rings (SSSR count). The molecule has 4 heteroatoms. The molecule has 1 aliphatic carbocycles. The lowest BCUT2D eigenvalue weighted by atomic mass is 10.2. The fourth-order valence-electron chi connectivity index (χ4n) is 2.23. The smallest absolute Gasteiger partial charge is 0.185 e. The molecule has 16 heavy (non-hydrogen) atoms. The zero-order valence-electron chi connectivity index (χ0n) is 10.4. The van der Waals surface area contributed by atoms with E-state index in [9.17, 15) is 0 Å². The van der Waals surface area contributed by atoms with E-state index in [1.807, 2.05) is 7.05 Å². The van der Waals surface area contributed by atoms with Gasteiger partial charge in [0.15, 0.2) is 5.13 Å². The molecule has 1 aliphatic rings. The Morgan fingerprint density at radius 1 is 1.50 bits per heavy atom. The first kappa shape index (κ1) is 11.9. The molecule has 1 fully saturated rings. The Kier molecular flexibility index (Phi) is 3.82. The van der Waals surface area contributed by atoms with Crippen LogP contribution in [0, 0.1) is 0 Å². The fraction of sp³-hybridized carbons (Fsp3) is 0.750. The minimum Gasteiger partial charge on any atom is -0.348 e. The highest BCUT2D eigenvalue weighted by atomic mass is 32.1. The summed E-state index contributed by atoms with van der Waals surface area (Å²) in [5.74, 6) is 0. The van der Waals surface area contributed by atoms with Crippen molar-refractivity contribution in [2.24, 2.45) is 0 Å². The van der Waals surface area contributed by atoms with Crippen LogP contribution in [0.4, 0.5) is 5.13 Å². The lowest BCUT2D eigenvalue weighted by Crippen LogP contribution is -2.28. The molecule has 0 spiro atoms. The van der Waals surface area contributed by atoms with Crippen LogP contribution in [0.1, 0.15) is 44.3 Å². The van der Waals surface area contributed by atoms with E-state index in [4.69, 9.17) is 4.98 Å². The summed E-state index contributed by atoms with van der Waals surface area (Å²) >= 11 is 1.76. The van der Waals surface area contributed by atoms with E-state index in [-0.39, 0.29) is 0 Å². The Labute approximate surface area is 102 Å². The molecule has 3 nitrogen and oxygen atoms in total. The zero-order valence-corrected chi connectivity index (χ0v) is 11.2. The lowest BCUT2D eigenvalue weighted by Gasteiger charge is -2.23. The van der Waals surface area contributed by atoms with Crippen molar-refractivity contribution in [2.75, 3.05) is 19.0 Å². The molecule has 0 aliphatic heterocycles. The van der Waals surface area contributed by atoms with Crippen molar-refractivity contribution in [3.8, 4) is 0 Å². The summed E-state index contributed by atoms with van der Waals surface area (Å²) < 4.78 is 0. The van der Waals surface area contributed by atoms with Gasteiger partial charge in [0, 0.05) is 24.5 Å². The van der Waals surface area contributed by atoms with E-state index >= 15 is 0 Å². The maximum absolute atomic E-state index is 4.71. The summed E-state index contributed by atoms with van der Waals surface area (Å²) in [5.41, 5.74) is 1.16. The summed E-state index contributed by atoms with van der Waals surface area (Å²) in [5, 5.41) is 6.57. The highest BCUT2D eigenvalue weighted by molar-refractivity contribution is 7.13. The van der Waals surface area contributed by atoms with Crippen molar-refractivity contribution < 1.29 is 0 Å². The molecular formula is C12H21N3S. The van der Waals surface area contributed by atoms with Gasteiger partial charge in [-0.05, 0) is 26.8 Å². The van der Waals surface area contributed by atoms with Crippen molar-refractivity contribution in [3.05, 3.63) is 11.1 Å². The van der Waals surface area contributed by atoms with E-state index < -0.39 is 0 Å². The van der Waals surface area contributed by atoms with Gasteiger partial charge in [0.05, 0.1) is 5.69 Å². The molecule has 1 N–H and O–H groups in total. The SMILES string of the molecule is CNC(C)c1csc(N(C)C2CCCC2)n1. The summed E-state index contributed by atoms with van der Waals surface area (Å²) in [4.78, 5) is 7.07. The molecule has 0 aromatic carbocycles. The second-order valence-electron chi connectivity index (χ2n) is 4.61. The minimum absolute atomic E-state index is 0.349. The molecule has 1 aromatic heterocycles. The van der Waals surface area contributed by atoms with Crippen LogP contribution >= 0.6 is 11.3 Å². The second kappa shape index (κ2) is 5.15. The predicted molar refractivity (Wildman–Crippen MR) is 70.2 cm³/mol. The number of thiazole rings is 1. The van der Waals surface area contributed by atoms with Crippen molar-refractivity contribution >= 4 is 16.5 Å². The van der Waals surface area contributed by atoms with Crippen LogP contribution in [0.15, 0.2) is 5.38 Å². The highest BCUT2D eigenvalue weighted by Crippen LogP contribution is 2.30. The van der Waals surface area contributed by atoms with Crippen LogP contribution in [0.5, 0.6) is 0 Å². The van der Waals surface area contributed by atoms with Crippen LogP contribution in [-0.4, -0.2) is 25.1 Å². The van der Waals surface area contributed by atoms with Crippen molar-refractivity contribution in [2.45, 2.75) is 44.7 Å². The van der Waals surface area contributed by atoms with Gasteiger partial charge >= 0.3 is 0 Å². The summed E-state index contributed by atoms with van der Waals surface area (Å²) in [7, 11) is 4.16. The molecule has 0 saturated heterocycles. The summed E-state index contributed by atoms with van der Waals surface area (Å²) in [6.07, 6.45) is 5.40. The Hall–Kier alpha value is -0.610. The van der Waals surface area contributed by atoms with Crippen LogP contribution < -0.4 is 10.2 Å². The first-order chi connectivity index (χ1) is 7.72. The Morgan fingerprint density at radius 2 is 2.19 bits per heavy atom. The van der Waals surface area contributed by atoms with Gasteiger partial charge in [-0.15, -0.1) is 11.3 Å². The molecule has 1 unspecified atom stereocenters. The van der Waals surface area contributed by atoms with Gasteiger partial charge in [0.2, 0.25) is 0 Å². The molecule has 1 saturated carbocycles. The molecule has 90 valence electrons. The monoisotopic (exact) mass is 239 g/mol. The van der Waals surface area contributed by atoms with Gasteiger partial charge < -0.3 is 10.2 Å². The minimum atomic E-state index is 0.349. The number of hydrogen-bond acceptors (Lipinski definition) is 4. The van der Waals surface area contributed by atoms with Gasteiger partial charge in [-0.2, -0.15) is 0 Å². The summed E-state index contributed by atoms with van der Waals surface area (Å²) in [6.45, 7) is 2.15. The van der Waals surface area contributed by atoms with E-state index in [2.05, 4.69) is 29.6 Å². The first-order valence-corrected chi connectivity index (χ1v) is 6.96. The van der Waals surface area contributed by atoms with E-state index in [1.165, 1.54) is 30.8 Å². The molecule has 0 bridgehead atoms. The van der Waals surface area contributed by atoms with Crippen molar-refractivity contribution in [1.29, 1.82) is 0 Å². The number of anilines is 1. The Bertz CT molecular complexity index is 331. The topological polar surface area (TPSA) is 28.2 Å². The largest absolute Gasteiger partial charge is 0.348 e. The normalized spacial score (nSPS) is 18.9. The van der Waals surface area contributed by atoms with E-state index in [1.54, 1.807) is 11.3 Å². The number of aromatic nitrogens is 1. The third-order valence-electron chi connectivity index (χ3n) is 3.56. The number of rotatable bonds is 4. The standard InChI is InChI=1S/C12H21N3S/c1-9(13-2)11-8-16-12(14-11)15(3)10-6-4-5-7-10/h8-10,13H,4-7H2,1-3H3.